The van der Waals surface area contributed by atoms with E-state index in [4.69, 9.17) is 0 Å². The predicted molar refractivity (Wildman–Crippen MR) is 75.2 cm³/mol. The summed E-state index contributed by atoms with van der Waals surface area (Å²) in [6.07, 6.45) is -0.737. The van der Waals surface area contributed by atoms with Crippen LogP contribution in [0.1, 0.15) is 24.2 Å². The van der Waals surface area contributed by atoms with Gasteiger partial charge in [-0.2, -0.15) is 0 Å². The van der Waals surface area contributed by atoms with E-state index in [9.17, 15) is 19.1 Å². The van der Waals surface area contributed by atoms with Gasteiger partial charge in [0.1, 0.15) is 5.82 Å². The molecule has 1 aromatic carbocycles. The normalized spacial score (nSPS) is 13.4. The number of ether oxygens (including phenoxy) is 1. The van der Waals surface area contributed by atoms with E-state index in [0.29, 0.717) is 5.56 Å². The van der Waals surface area contributed by atoms with Crippen LogP contribution in [0.25, 0.3) is 0 Å². The summed E-state index contributed by atoms with van der Waals surface area (Å²) in [5.41, 5.74) is 0.300. The average Bonchev–Trinajstić information content (AvgIpc) is 2.45. The van der Waals surface area contributed by atoms with Gasteiger partial charge in [-0.15, -0.1) is 0 Å². The van der Waals surface area contributed by atoms with Gasteiger partial charge in [0.2, 0.25) is 0 Å². The second-order valence-corrected chi connectivity index (χ2v) is 4.99. The van der Waals surface area contributed by atoms with Gasteiger partial charge in [-0.1, -0.05) is 6.92 Å². The third-order valence-corrected chi connectivity index (χ3v) is 2.96. The van der Waals surface area contributed by atoms with Gasteiger partial charge in [-0.05, 0) is 31.2 Å². The van der Waals surface area contributed by atoms with Crippen molar-refractivity contribution in [1.82, 2.24) is 4.90 Å². The first kappa shape index (κ1) is 17.1. The molecule has 5 nitrogen and oxygen atoms in total. The third kappa shape index (κ3) is 5.15. The molecule has 0 aliphatic carbocycles. The summed E-state index contributed by atoms with van der Waals surface area (Å²) < 4.78 is 17.5. The summed E-state index contributed by atoms with van der Waals surface area (Å²) in [4.78, 5) is 25.2. The molecule has 0 aliphatic rings. The largest absolute Gasteiger partial charge is 0.469 e. The van der Waals surface area contributed by atoms with E-state index >= 15 is 0 Å². The van der Waals surface area contributed by atoms with Crippen LogP contribution in [0.15, 0.2) is 24.3 Å². The number of carbonyl (C=O) groups is 2. The van der Waals surface area contributed by atoms with Gasteiger partial charge in [0.25, 0.3) is 5.91 Å². The van der Waals surface area contributed by atoms with Crippen LogP contribution in [-0.2, 0) is 9.53 Å². The molecule has 0 radical (unpaired) electrons. The van der Waals surface area contributed by atoms with Crippen molar-refractivity contribution in [2.75, 3.05) is 20.2 Å². The molecule has 1 rings (SSSR count). The molecule has 0 bridgehead atoms. The zero-order chi connectivity index (χ0) is 16.0. The summed E-state index contributed by atoms with van der Waals surface area (Å²) in [5, 5.41) is 9.50. The first-order valence-electron chi connectivity index (χ1n) is 6.66. The lowest BCUT2D eigenvalue weighted by atomic mass is 10.1. The fourth-order valence-corrected chi connectivity index (χ4v) is 1.94. The highest BCUT2D eigenvalue weighted by molar-refractivity contribution is 5.94. The highest BCUT2D eigenvalue weighted by atomic mass is 19.1. The first-order chi connectivity index (χ1) is 9.85. The van der Waals surface area contributed by atoms with E-state index in [1.54, 1.807) is 13.8 Å². The fourth-order valence-electron chi connectivity index (χ4n) is 1.94. The molecule has 6 heteroatoms. The number of halogens is 1. The highest BCUT2D eigenvalue weighted by Crippen LogP contribution is 2.11. The second-order valence-electron chi connectivity index (χ2n) is 4.99. The Balaban J connectivity index is 2.88. The van der Waals surface area contributed by atoms with E-state index in [1.165, 1.54) is 36.3 Å². The highest BCUT2D eigenvalue weighted by Gasteiger charge is 2.23. The molecule has 0 spiro atoms. The zero-order valence-corrected chi connectivity index (χ0v) is 12.4. The molecule has 116 valence electrons. The number of methoxy groups -OCH3 is 1. The number of hydrogen-bond acceptors (Lipinski definition) is 4. The molecule has 2 unspecified atom stereocenters. The number of amides is 1. The molecule has 2 atom stereocenters. The van der Waals surface area contributed by atoms with Crippen LogP contribution in [0, 0.1) is 11.7 Å². The molecule has 0 aliphatic heterocycles. The SMILES string of the molecule is COC(=O)C(C)CN(CC(C)O)C(=O)c1ccc(F)cc1. The quantitative estimate of drug-likeness (QED) is 0.807. The maximum Gasteiger partial charge on any atom is 0.310 e. The Bertz CT molecular complexity index is 487. The van der Waals surface area contributed by atoms with Gasteiger partial charge in [-0.3, -0.25) is 9.59 Å². The summed E-state index contributed by atoms with van der Waals surface area (Å²) in [6, 6.07) is 5.13. The number of benzene rings is 1. The number of hydrogen-bond donors (Lipinski definition) is 1. The number of aliphatic hydroxyl groups excluding tert-OH is 1. The Morgan fingerprint density at radius 2 is 1.81 bits per heavy atom. The third-order valence-electron chi connectivity index (χ3n) is 2.96. The topological polar surface area (TPSA) is 66.8 Å². The van der Waals surface area contributed by atoms with Crippen molar-refractivity contribution in [3.63, 3.8) is 0 Å². The molecule has 0 aromatic heterocycles. The van der Waals surface area contributed by atoms with E-state index in [1.807, 2.05) is 0 Å². The van der Waals surface area contributed by atoms with Crippen LogP contribution in [0.3, 0.4) is 0 Å². The molecule has 1 aromatic rings. The van der Waals surface area contributed by atoms with E-state index in [2.05, 4.69) is 4.74 Å². The van der Waals surface area contributed by atoms with Gasteiger partial charge in [0, 0.05) is 18.7 Å². The Kier molecular flexibility index (Phi) is 6.30. The van der Waals surface area contributed by atoms with Gasteiger partial charge in [-0.25, -0.2) is 4.39 Å². The van der Waals surface area contributed by atoms with Crippen molar-refractivity contribution in [2.24, 2.45) is 5.92 Å². The van der Waals surface area contributed by atoms with Crippen LogP contribution in [0.2, 0.25) is 0 Å². The summed E-state index contributed by atoms with van der Waals surface area (Å²) in [7, 11) is 1.28. The van der Waals surface area contributed by atoms with Crippen LogP contribution >= 0.6 is 0 Å². The maximum atomic E-state index is 12.9. The molecule has 0 saturated heterocycles. The van der Waals surface area contributed by atoms with Crippen molar-refractivity contribution >= 4 is 11.9 Å². The molecular weight excluding hydrogens is 277 g/mol. The Morgan fingerprint density at radius 3 is 2.29 bits per heavy atom. The minimum Gasteiger partial charge on any atom is -0.469 e. The van der Waals surface area contributed by atoms with Crippen LogP contribution < -0.4 is 0 Å². The van der Waals surface area contributed by atoms with Crippen molar-refractivity contribution in [2.45, 2.75) is 20.0 Å². The average molecular weight is 297 g/mol. The van der Waals surface area contributed by atoms with E-state index in [-0.39, 0.29) is 19.0 Å². The minimum atomic E-state index is -0.737. The van der Waals surface area contributed by atoms with Crippen molar-refractivity contribution in [3.05, 3.63) is 35.6 Å². The predicted octanol–water partition coefficient (Wildman–Crippen LogP) is 1.46. The molecular formula is C15H20FNO4. The van der Waals surface area contributed by atoms with Crippen LogP contribution in [0.4, 0.5) is 4.39 Å². The molecule has 0 heterocycles. The van der Waals surface area contributed by atoms with Crippen molar-refractivity contribution in [3.8, 4) is 0 Å². The summed E-state index contributed by atoms with van der Waals surface area (Å²) >= 11 is 0. The summed E-state index contributed by atoms with van der Waals surface area (Å²) in [5.74, 6) is -1.75. The monoisotopic (exact) mass is 297 g/mol. The summed E-state index contributed by atoms with van der Waals surface area (Å²) in [6.45, 7) is 3.39. The standard InChI is InChI=1S/C15H20FNO4/c1-10(15(20)21-3)8-17(9-11(2)18)14(19)12-4-6-13(16)7-5-12/h4-7,10-11,18H,8-9H2,1-3H3. The lowest BCUT2D eigenvalue weighted by Crippen LogP contribution is -2.41. The Hall–Kier alpha value is -1.95. The fraction of sp³-hybridized carbons (Fsp3) is 0.467. The van der Waals surface area contributed by atoms with Gasteiger partial charge in [0.05, 0.1) is 19.1 Å². The smallest absolute Gasteiger partial charge is 0.310 e. The number of carbonyl (C=O) groups excluding carboxylic acids is 2. The molecule has 0 fully saturated rings. The molecule has 1 amide bonds. The molecule has 0 saturated carbocycles. The van der Waals surface area contributed by atoms with Gasteiger partial charge < -0.3 is 14.7 Å². The lowest BCUT2D eigenvalue weighted by molar-refractivity contribution is -0.145. The number of nitrogens with zero attached hydrogens (tertiary/aromatic N) is 1. The second kappa shape index (κ2) is 7.73. The van der Waals surface area contributed by atoms with Crippen molar-refractivity contribution in [1.29, 1.82) is 0 Å². The van der Waals surface area contributed by atoms with Crippen LogP contribution in [0.5, 0.6) is 0 Å². The van der Waals surface area contributed by atoms with E-state index in [0.717, 1.165) is 0 Å². The number of aliphatic hydroxyl groups is 1. The number of esters is 1. The molecule has 21 heavy (non-hydrogen) atoms. The molecule has 1 N–H and O–H groups in total. The lowest BCUT2D eigenvalue weighted by Gasteiger charge is -2.26. The first-order valence-corrected chi connectivity index (χ1v) is 6.66. The number of rotatable bonds is 6. The van der Waals surface area contributed by atoms with Crippen molar-refractivity contribution < 1.29 is 23.8 Å². The zero-order valence-electron chi connectivity index (χ0n) is 12.4. The Labute approximate surface area is 123 Å². The van der Waals surface area contributed by atoms with Gasteiger partial charge in [0.15, 0.2) is 0 Å². The van der Waals surface area contributed by atoms with Gasteiger partial charge >= 0.3 is 5.97 Å². The maximum absolute atomic E-state index is 12.9. The van der Waals surface area contributed by atoms with Crippen LogP contribution in [-0.4, -0.2) is 48.2 Å². The Morgan fingerprint density at radius 1 is 1.24 bits per heavy atom. The van der Waals surface area contributed by atoms with E-state index < -0.39 is 23.8 Å². The minimum absolute atomic E-state index is 0.0809.